The quantitative estimate of drug-likeness (QED) is 0.774. The number of carboxylic acid groups (broad SMARTS) is 1. The van der Waals surface area contributed by atoms with E-state index in [1.165, 1.54) is 0 Å². The summed E-state index contributed by atoms with van der Waals surface area (Å²) in [5.74, 6) is -0.0204. The van der Waals surface area contributed by atoms with Crippen molar-refractivity contribution in [3.8, 4) is 5.75 Å². The summed E-state index contributed by atoms with van der Waals surface area (Å²) < 4.78 is 5.94. The smallest absolute Gasteiger partial charge is 0.320 e. The van der Waals surface area contributed by atoms with E-state index in [9.17, 15) is 9.90 Å². The van der Waals surface area contributed by atoms with E-state index in [1.54, 1.807) is 11.8 Å². The van der Waals surface area contributed by atoms with Crippen molar-refractivity contribution in [1.29, 1.82) is 0 Å². The van der Waals surface area contributed by atoms with Gasteiger partial charge in [-0.1, -0.05) is 41.6 Å². The molecule has 132 valence electrons. The molecule has 25 heavy (non-hydrogen) atoms. The zero-order valence-electron chi connectivity index (χ0n) is 13.7. The van der Waals surface area contributed by atoms with Crippen LogP contribution in [0.5, 0.6) is 5.75 Å². The molecule has 1 aliphatic heterocycles. The first-order chi connectivity index (χ1) is 12.1. The molecule has 0 bridgehead atoms. The Morgan fingerprint density at radius 3 is 2.84 bits per heavy atom. The SMILES string of the molecule is O=C(O)[C@@H]1CCCN1CCOc1cc(Cl)ccc1Sc1ccccc1. The Hall–Kier alpha value is -1.69. The number of rotatable bonds is 7. The number of nitrogens with zero attached hydrogens (tertiary/aromatic N) is 1. The van der Waals surface area contributed by atoms with E-state index >= 15 is 0 Å². The summed E-state index contributed by atoms with van der Waals surface area (Å²) >= 11 is 7.73. The molecule has 1 fully saturated rings. The van der Waals surface area contributed by atoms with Crippen molar-refractivity contribution in [2.75, 3.05) is 19.7 Å². The van der Waals surface area contributed by atoms with Gasteiger partial charge in [-0.15, -0.1) is 0 Å². The van der Waals surface area contributed by atoms with Crippen molar-refractivity contribution in [3.63, 3.8) is 0 Å². The van der Waals surface area contributed by atoms with Crippen LogP contribution in [0, 0.1) is 0 Å². The third-order valence-corrected chi connectivity index (χ3v) is 5.46. The van der Waals surface area contributed by atoms with E-state index < -0.39 is 5.97 Å². The molecule has 1 aliphatic rings. The maximum absolute atomic E-state index is 11.2. The second-order valence-electron chi connectivity index (χ2n) is 5.89. The molecule has 0 unspecified atom stereocenters. The number of carboxylic acids is 1. The molecule has 3 rings (SSSR count). The number of hydrogen-bond donors (Lipinski definition) is 1. The van der Waals surface area contributed by atoms with E-state index in [2.05, 4.69) is 0 Å². The van der Waals surface area contributed by atoms with Crippen molar-refractivity contribution >= 4 is 29.3 Å². The van der Waals surface area contributed by atoms with Gasteiger partial charge in [0.05, 0.1) is 4.90 Å². The lowest BCUT2D eigenvalue weighted by molar-refractivity contribution is -0.142. The summed E-state index contributed by atoms with van der Waals surface area (Å²) in [6.07, 6.45) is 1.63. The fraction of sp³-hybridized carbons (Fsp3) is 0.316. The molecular formula is C19H20ClNO3S. The van der Waals surface area contributed by atoms with Crippen LogP contribution >= 0.6 is 23.4 Å². The zero-order valence-corrected chi connectivity index (χ0v) is 15.3. The standard InChI is InChI=1S/C19H20ClNO3S/c20-14-8-9-18(25-15-5-2-1-3-6-15)17(13-14)24-12-11-21-10-4-7-16(21)19(22)23/h1-3,5-6,8-9,13,16H,4,7,10-12H2,(H,22,23)/t16-/m0/s1. The van der Waals surface area contributed by atoms with Crippen LogP contribution in [0.25, 0.3) is 0 Å². The van der Waals surface area contributed by atoms with Crippen LogP contribution in [0.3, 0.4) is 0 Å². The fourth-order valence-corrected chi connectivity index (χ4v) is 4.00. The van der Waals surface area contributed by atoms with Crippen molar-refractivity contribution in [2.24, 2.45) is 0 Å². The number of aliphatic carboxylic acids is 1. The van der Waals surface area contributed by atoms with Gasteiger partial charge in [0.2, 0.25) is 0 Å². The van der Waals surface area contributed by atoms with Gasteiger partial charge in [0.25, 0.3) is 0 Å². The summed E-state index contributed by atoms with van der Waals surface area (Å²) in [5.41, 5.74) is 0. The highest BCUT2D eigenvalue weighted by atomic mass is 35.5. The van der Waals surface area contributed by atoms with Crippen LogP contribution in [0.15, 0.2) is 58.3 Å². The van der Waals surface area contributed by atoms with Gasteiger partial charge in [0.15, 0.2) is 0 Å². The summed E-state index contributed by atoms with van der Waals surface area (Å²) in [7, 11) is 0. The number of benzene rings is 2. The third kappa shape index (κ3) is 4.91. The Bertz CT molecular complexity index is 726. The largest absolute Gasteiger partial charge is 0.491 e. The van der Waals surface area contributed by atoms with E-state index in [0.717, 1.165) is 28.5 Å². The highest BCUT2D eigenvalue weighted by Gasteiger charge is 2.29. The second kappa shape index (κ2) is 8.61. The van der Waals surface area contributed by atoms with E-state index in [0.29, 0.717) is 24.6 Å². The Balaban J connectivity index is 1.63. The van der Waals surface area contributed by atoms with Crippen LogP contribution in [0.1, 0.15) is 12.8 Å². The molecule has 1 atom stereocenters. The number of halogens is 1. The zero-order chi connectivity index (χ0) is 17.6. The molecule has 6 heteroatoms. The topological polar surface area (TPSA) is 49.8 Å². The lowest BCUT2D eigenvalue weighted by atomic mass is 10.2. The van der Waals surface area contributed by atoms with Gasteiger partial charge in [-0.2, -0.15) is 0 Å². The van der Waals surface area contributed by atoms with Gasteiger partial charge in [0.1, 0.15) is 18.4 Å². The summed E-state index contributed by atoms with van der Waals surface area (Å²) in [5, 5.41) is 9.86. The minimum Gasteiger partial charge on any atom is -0.491 e. The first kappa shape index (κ1) is 18.1. The fourth-order valence-electron chi connectivity index (χ4n) is 2.94. The summed E-state index contributed by atoms with van der Waals surface area (Å²) in [6, 6.07) is 15.3. The molecule has 0 saturated carbocycles. The van der Waals surface area contributed by atoms with Crippen LogP contribution < -0.4 is 4.74 Å². The monoisotopic (exact) mass is 377 g/mol. The number of carbonyl (C=O) groups is 1. The predicted octanol–water partition coefficient (Wildman–Crippen LogP) is 4.42. The Kier molecular flexibility index (Phi) is 6.24. The minimum absolute atomic E-state index is 0.388. The van der Waals surface area contributed by atoms with Crippen LogP contribution in [0.2, 0.25) is 5.02 Å². The highest BCUT2D eigenvalue weighted by Crippen LogP contribution is 2.36. The number of likely N-dealkylation sites (tertiary alicyclic amines) is 1. The molecule has 0 radical (unpaired) electrons. The van der Waals surface area contributed by atoms with Gasteiger partial charge >= 0.3 is 5.97 Å². The predicted molar refractivity (Wildman–Crippen MR) is 99.7 cm³/mol. The Morgan fingerprint density at radius 1 is 1.28 bits per heavy atom. The van der Waals surface area contributed by atoms with Gasteiger partial charge in [-0.05, 0) is 49.7 Å². The normalized spacial score (nSPS) is 17.6. The van der Waals surface area contributed by atoms with Crippen molar-refractivity contribution < 1.29 is 14.6 Å². The maximum atomic E-state index is 11.2. The third-order valence-electron chi connectivity index (χ3n) is 4.16. The molecule has 2 aromatic carbocycles. The average Bonchev–Trinajstić information content (AvgIpc) is 3.07. The average molecular weight is 378 g/mol. The van der Waals surface area contributed by atoms with Gasteiger partial charge in [-0.3, -0.25) is 9.69 Å². The van der Waals surface area contributed by atoms with E-state index in [4.69, 9.17) is 16.3 Å². The van der Waals surface area contributed by atoms with Gasteiger partial charge in [-0.25, -0.2) is 0 Å². The van der Waals surface area contributed by atoms with Crippen molar-refractivity contribution in [1.82, 2.24) is 4.90 Å². The first-order valence-electron chi connectivity index (χ1n) is 8.25. The Labute approximate surface area is 156 Å². The van der Waals surface area contributed by atoms with Crippen LogP contribution in [-0.2, 0) is 4.79 Å². The van der Waals surface area contributed by atoms with Gasteiger partial charge < -0.3 is 9.84 Å². The molecule has 1 saturated heterocycles. The molecule has 0 amide bonds. The molecule has 0 aromatic heterocycles. The highest BCUT2D eigenvalue weighted by molar-refractivity contribution is 7.99. The molecular weight excluding hydrogens is 358 g/mol. The molecule has 2 aromatic rings. The van der Waals surface area contributed by atoms with Gasteiger partial charge in [0, 0.05) is 16.5 Å². The van der Waals surface area contributed by atoms with Crippen molar-refractivity contribution in [2.45, 2.75) is 28.7 Å². The molecule has 0 spiro atoms. The second-order valence-corrected chi connectivity index (χ2v) is 7.44. The molecule has 0 aliphatic carbocycles. The van der Waals surface area contributed by atoms with Crippen molar-refractivity contribution in [3.05, 3.63) is 53.6 Å². The van der Waals surface area contributed by atoms with Crippen LogP contribution in [0.4, 0.5) is 0 Å². The lowest BCUT2D eigenvalue weighted by Gasteiger charge is -2.21. The summed E-state index contributed by atoms with van der Waals surface area (Å²) in [6.45, 7) is 1.84. The molecule has 1 N–H and O–H groups in total. The molecule has 1 heterocycles. The Morgan fingerprint density at radius 2 is 2.08 bits per heavy atom. The first-order valence-corrected chi connectivity index (χ1v) is 9.45. The number of ether oxygens (including phenoxy) is 1. The van der Waals surface area contributed by atoms with E-state index in [1.807, 2.05) is 53.4 Å². The minimum atomic E-state index is -0.749. The lowest BCUT2D eigenvalue weighted by Crippen LogP contribution is -2.38. The summed E-state index contributed by atoms with van der Waals surface area (Å²) in [4.78, 5) is 15.3. The maximum Gasteiger partial charge on any atom is 0.320 e. The molecule has 4 nitrogen and oxygen atoms in total. The van der Waals surface area contributed by atoms with Crippen LogP contribution in [-0.4, -0.2) is 41.7 Å². The van der Waals surface area contributed by atoms with E-state index in [-0.39, 0.29) is 6.04 Å². The number of hydrogen-bond acceptors (Lipinski definition) is 4.